The molecule has 40 nitrogen and oxygen atoms in total. The monoisotopic (exact) mass is 1850 g/mol. The molecule has 4 aliphatic carbocycles. The van der Waals surface area contributed by atoms with Gasteiger partial charge in [0.05, 0.1) is 128 Å². The number of anilines is 12. The minimum absolute atomic E-state index is 0. The second-order valence-corrected chi connectivity index (χ2v) is 35.6. The molecular formula is C79H62Li6N16O24S6. The van der Waals surface area contributed by atoms with Gasteiger partial charge in [0, 0.05) is 75.2 Å². The van der Waals surface area contributed by atoms with Gasteiger partial charge < -0.3 is 81.9 Å². The number of fused-ring (bicyclic) bond motifs is 4. The predicted molar refractivity (Wildman–Crippen MR) is 442 cm³/mol. The summed E-state index contributed by atoms with van der Waals surface area (Å²) in [5.41, 5.74) is 9.25. The van der Waals surface area contributed by atoms with E-state index in [4.69, 9.17) is 11.5 Å². The van der Waals surface area contributed by atoms with Crippen LogP contribution in [0.15, 0.2) is 185 Å². The molecule has 2 fully saturated rings. The van der Waals surface area contributed by atoms with Crippen LogP contribution in [-0.4, -0.2) is 113 Å². The number of nitrogens with zero attached hydrogens (tertiary/aromatic N) is 8. The number of hydrogen-bond acceptors (Lipinski definition) is 41. The molecular weight excluding hydrogens is 1790 g/mol. The second-order valence-electron chi connectivity index (χ2n) is 29.3. The Hall–Kier alpha value is -8.72. The summed E-state index contributed by atoms with van der Waals surface area (Å²) in [4.78, 5) is 111. The smallest absolute Gasteiger partial charge is 0.744 e. The van der Waals surface area contributed by atoms with Crippen molar-refractivity contribution in [2.24, 2.45) is 25.9 Å². The molecule has 0 radical (unpaired) electrons. The van der Waals surface area contributed by atoms with Crippen molar-refractivity contribution in [3.05, 3.63) is 211 Å². The molecule has 4 aliphatic rings. The van der Waals surface area contributed by atoms with Crippen LogP contribution < -0.4 is 183 Å². The number of carbonyl (C=O) groups is 4. The van der Waals surface area contributed by atoms with Gasteiger partial charge in [-0.05, 0) is 154 Å². The molecule has 0 aliphatic heterocycles. The van der Waals surface area contributed by atoms with E-state index in [0.717, 1.165) is 79.1 Å². The Kier molecular flexibility index (Phi) is 34.5. The summed E-state index contributed by atoms with van der Waals surface area (Å²) in [6.45, 7) is 0. The fourth-order valence-corrected chi connectivity index (χ4v) is 19.7. The number of hydrogen-bond donors (Lipinski definition) is 8. The van der Waals surface area contributed by atoms with Crippen molar-refractivity contribution in [3.8, 4) is 22.3 Å². The fraction of sp³-hybridized carbons (Fsp3) is 0.190. The van der Waals surface area contributed by atoms with Crippen LogP contribution in [-0.2, 0) is 72.6 Å². The summed E-state index contributed by atoms with van der Waals surface area (Å²) in [6, 6.07) is 31.8. The van der Waals surface area contributed by atoms with Gasteiger partial charge in [-0.25, -0.2) is 25.3 Å². The Morgan fingerprint density at radius 2 is 0.802 bits per heavy atom. The van der Waals surface area contributed by atoms with Crippen LogP contribution in [0.3, 0.4) is 0 Å². The molecule has 0 spiro atoms. The first-order valence-corrected chi connectivity index (χ1v) is 44.0. The van der Waals surface area contributed by atoms with E-state index in [-0.39, 0.29) is 305 Å². The summed E-state index contributed by atoms with van der Waals surface area (Å²) < 4.78 is 132. The van der Waals surface area contributed by atoms with Crippen LogP contribution in [0.5, 0.6) is 0 Å². The van der Waals surface area contributed by atoms with Crippen molar-refractivity contribution in [1.82, 2.24) is 39.0 Å². The van der Waals surface area contributed by atoms with E-state index in [1.165, 1.54) is 91.5 Å². The van der Waals surface area contributed by atoms with Crippen LogP contribution >= 0.6 is 36.1 Å². The van der Waals surface area contributed by atoms with Crippen LogP contribution in [0.4, 0.5) is 69.8 Å². The zero-order valence-electron chi connectivity index (χ0n) is 70.5. The molecule has 0 saturated heterocycles. The largest absolute Gasteiger partial charge is 1.00 e. The van der Waals surface area contributed by atoms with E-state index in [0.29, 0.717) is 49.6 Å². The van der Waals surface area contributed by atoms with Gasteiger partial charge in [0.1, 0.15) is 30.4 Å². The van der Waals surface area contributed by atoms with E-state index in [9.17, 15) is 83.5 Å². The van der Waals surface area contributed by atoms with Crippen molar-refractivity contribution in [2.45, 2.75) is 99.2 Å². The first kappa shape index (κ1) is 104. The third-order valence-electron chi connectivity index (χ3n) is 21.9. The zero-order chi connectivity index (χ0) is 88.2. The fourth-order valence-electron chi connectivity index (χ4n) is 16.4. The second kappa shape index (κ2) is 43.3. The molecule has 0 amide bonds. The minimum Gasteiger partial charge on any atom is -0.744 e. The predicted octanol–water partition coefficient (Wildman–Crippen LogP) is -9.76. The van der Waals surface area contributed by atoms with Crippen LogP contribution in [0.2, 0.25) is 0 Å². The van der Waals surface area contributed by atoms with Gasteiger partial charge >= 0.3 is 113 Å². The van der Waals surface area contributed by atoms with Crippen molar-refractivity contribution in [1.29, 1.82) is 0 Å². The van der Waals surface area contributed by atoms with Crippen LogP contribution in [0.25, 0.3) is 44.1 Å². The number of ketones is 4. The number of rotatable bonds is 30. The number of nitrogens with two attached hydrogens (primary N) is 2. The van der Waals surface area contributed by atoms with Gasteiger partial charge in [0.15, 0.2) is 23.1 Å². The molecule has 131 heavy (non-hydrogen) atoms. The zero-order valence-corrected chi connectivity index (χ0v) is 75.4. The topological polar surface area (TPSA) is 610 Å². The van der Waals surface area contributed by atoms with Gasteiger partial charge in [-0.15, -0.1) is 0 Å². The van der Waals surface area contributed by atoms with Gasteiger partial charge in [0.2, 0.25) is 35.7 Å². The molecule has 8 aromatic carbocycles. The molecule has 2 saturated carbocycles. The average Bonchev–Trinajstić information content (AvgIpc) is 0.696. The normalized spacial score (nSPS) is 15.4. The SMILES string of the molecule is Cn1c(=O)c(C(=O)c2cccc(S(=O)(=O)[O-])c2)c2c3c(c(Nc4cc(Nc5nc(N)nc(NC6CCC(CC7CCC(Nc8nc(N)nc(Nc9cc(Nc%10ccc%11c%12c%10C(=O)c%10ccccc%10-c%12c(C(=O)c%10cccc(SOO[O-])c%10)c(=O)n%11C)c(S(=O)(=O)[O-])cc9SOO[O-])n8)CC7)CC6)n5)c(S(=O)(=O)[O-])cc4SOO[O-])ccc31)C(=O)c1ccccc1-2.[Li+].[Li+].[Li+].[Li+].[Li+].[Li+]. The van der Waals surface area contributed by atoms with Gasteiger partial charge in [-0.3, -0.25) is 43.9 Å². The number of pyridine rings is 2. The maximum atomic E-state index is 14.9. The Bertz CT molecular complexity index is 7030. The Balaban J connectivity index is 0.00000297. The molecule has 0 bridgehead atoms. The number of carbonyl (C=O) groups excluding carboxylic acids is 4. The molecule has 12 aromatic rings. The van der Waals surface area contributed by atoms with E-state index in [1.54, 1.807) is 30.3 Å². The number of aromatic nitrogens is 8. The number of nitrogen functional groups attached to an aromatic ring is 2. The third-order valence-corrected chi connectivity index (χ3v) is 26.4. The van der Waals surface area contributed by atoms with Crippen LogP contribution in [0.1, 0.15) is 121 Å². The minimum atomic E-state index is -5.45. The summed E-state index contributed by atoms with van der Waals surface area (Å²) >= 11 is 0.920. The number of benzene rings is 8. The molecule has 4 aromatic heterocycles. The maximum Gasteiger partial charge on any atom is 1.00 e. The Labute approximate surface area is 829 Å². The van der Waals surface area contributed by atoms with Crippen molar-refractivity contribution < 1.29 is 215 Å². The Morgan fingerprint density at radius 3 is 1.23 bits per heavy atom. The molecule has 52 heteroatoms. The van der Waals surface area contributed by atoms with Crippen LogP contribution in [0, 0.1) is 11.8 Å². The van der Waals surface area contributed by atoms with Crippen molar-refractivity contribution in [3.63, 3.8) is 0 Å². The Morgan fingerprint density at radius 1 is 0.420 bits per heavy atom. The molecule has 4 heterocycles. The third kappa shape index (κ3) is 21.8. The molecule has 10 N–H and O–H groups in total. The van der Waals surface area contributed by atoms with E-state index >= 15 is 0 Å². The van der Waals surface area contributed by atoms with E-state index in [1.807, 2.05) is 0 Å². The standard InChI is InChI=1S/C79H68N16O24S6.6Li/c1-94-55-28-26-49(63-65(55)60(44-13-3-6-16-47(44)71(63)99)66(72(94)100)68(96)38-9-7-11-42(30-38)120-117-114-102)85-52-33-51(57(122-119-116-104)35-58(52)124(108,109)110)86-78-90-74(80)88-76(92-78)82-40-21-17-36(18-22-40)29-37-19-23-41(24-20-37)83-77-89-75(81)91-79(93-77)87-53-32-50(56(121-118-115-103)34-59(53)125(111,112)113)84-48-25-27-54-64-61(45-14-4-5-15-46(45)70(98)62(48)64)67(73(101)95(54)2)69(97)39-10-8-12-43(31-39)123(105,106)107;;;;;;/h3-16,25-28,30-37,40-41,84-85,102-104H,17-24,29H2,1-2H3,(H,105,106,107)(H,108,109,110)(H,111,112,113)(H4,80,82,86,88,90,92)(H4,81,83,87,89,91,93);;;;;;/q;6*+1/p-6. The molecule has 0 unspecified atom stereocenters. The summed E-state index contributed by atoms with van der Waals surface area (Å²) in [5.74, 6) is -3.37. The maximum absolute atomic E-state index is 14.9. The average molecular weight is 1850 g/mol. The number of nitrogens with one attached hydrogen (secondary N) is 6. The first-order chi connectivity index (χ1) is 59.8. The summed E-state index contributed by atoms with van der Waals surface area (Å²) in [7, 11) is -13.2. The first-order valence-electron chi connectivity index (χ1n) is 37.6. The number of aryl methyl sites for hydroxylation is 2. The summed E-state index contributed by atoms with van der Waals surface area (Å²) in [5, 5.41) is 62.5. The van der Waals surface area contributed by atoms with E-state index in [2.05, 4.69) is 89.9 Å². The van der Waals surface area contributed by atoms with Gasteiger partial charge in [-0.2, -0.15) is 42.9 Å². The molecule has 0 atom stereocenters. The molecule has 644 valence electrons. The van der Waals surface area contributed by atoms with Crippen molar-refractivity contribution >= 4 is 181 Å². The quantitative estimate of drug-likeness (QED) is 0.00517. The molecule has 16 rings (SSSR count). The van der Waals surface area contributed by atoms with E-state index < -0.39 is 96.2 Å². The van der Waals surface area contributed by atoms with Gasteiger partial charge in [0.25, 0.3) is 11.1 Å². The van der Waals surface area contributed by atoms with Gasteiger partial charge in [-0.1, -0.05) is 72.8 Å². The van der Waals surface area contributed by atoms with Crippen molar-refractivity contribution in [2.75, 3.05) is 43.4 Å². The summed E-state index contributed by atoms with van der Waals surface area (Å²) in [6.07, 6.45) is 6.91.